The first kappa shape index (κ1) is 18.6. The molecule has 0 aliphatic carbocycles. The second-order valence-electron chi connectivity index (χ2n) is 5.02. The Kier molecular flexibility index (Phi) is 6.24. The van der Waals surface area contributed by atoms with Gasteiger partial charge in [0, 0.05) is 30.4 Å². The lowest BCUT2D eigenvalue weighted by molar-refractivity contribution is -0.140. The fraction of sp³-hybridized carbons (Fsp3) is 0.176. The van der Waals surface area contributed by atoms with Crippen LogP contribution in [0.25, 0.3) is 5.76 Å². The summed E-state index contributed by atoms with van der Waals surface area (Å²) in [5.74, 6) is -2.46. The molecule has 132 valence electrons. The standard InChI is InChI=1S/C17H16F2N2O3S/c1-10(22)24-7-6-12-3-5-17(25-12)21-16(20)9-15(23)13-4-2-11(18)8-14(13)19/h2-5,8-9,23H,6-7H2,1H3,(H2,20,21). The molecule has 5 nitrogen and oxygen atoms in total. The molecular formula is C17H16F2N2O3S. The van der Waals surface area contributed by atoms with Crippen LogP contribution in [-0.2, 0) is 16.0 Å². The van der Waals surface area contributed by atoms with E-state index in [0.717, 1.165) is 23.1 Å². The number of aliphatic hydroxyl groups is 1. The summed E-state index contributed by atoms with van der Waals surface area (Å²) in [5.41, 5.74) is 5.55. The largest absolute Gasteiger partial charge is 0.507 e. The molecule has 0 amide bonds. The highest BCUT2D eigenvalue weighted by atomic mass is 32.1. The first-order chi connectivity index (χ1) is 11.8. The molecule has 2 aromatic rings. The number of rotatable bonds is 6. The number of nitrogens with zero attached hydrogens (tertiary/aromatic N) is 1. The van der Waals surface area contributed by atoms with Crippen LogP contribution in [-0.4, -0.2) is 23.5 Å². The van der Waals surface area contributed by atoms with E-state index in [4.69, 9.17) is 10.5 Å². The number of benzene rings is 1. The van der Waals surface area contributed by atoms with Crippen LogP contribution < -0.4 is 5.73 Å². The number of esters is 1. The molecule has 3 N–H and O–H groups in total. The Morgan fingerprint density at radius 3 is 2.80 bits per heavy atom. The summed E-state index contributed by atoms with van der Waals surface area (Å²) in [6.07, 6.45) is 1.65. The Morgan fingerprint density at radius 1 is 1.36 bits per heavy atom. The molecule has 0 fully saturated rings. The van der Waals surface area contributed by atoms with Crippen LogP contribution in [0.1, 0.15) is 17.4 Å². The van der Waals surface area contributed by atoms with Crippen molar-refractivity contribution in [3.05, 3.63) is 58.5 Å². The van der Waals surface area contributed by atoms with Gasteiger partial charge in [-0.3, -0.25) is 4.79 Å². The van der Waals surface area contributed by atoms with E-state index in [0.29, 0.717) is 17.5 Å². The number of ether oxygens (including phenoxy) is 1. The highest BCUT2D eigenvalue weighted by Crippen LogP contribution is 2.25. The van der Waals surface area contributed by atoms with Crippen molar-refractivity contribution in [1.82, 2.24) is 0 Å². The second kappa shape index (κ2) is 8.39. The van der Waals surface area contributed by atoms with Gasteiger partial charge < -0.3 is 15.6 Å². The summed E-state index contributed by atoms with van der Waals surface area (Å²) < 4.78 is 31.3. The van der Waals surface area contributed by atoms with Crippen molar-refractivity contribution < 1.29 is 23.4 Å². The van der Waals surface area contributed by atoms with Crippen LogP contribution >= 0.6 is 11.3 Å². The van der Waals surface area contributed by atoms with Gasteiger partial charge in [0.15, 0.2) is 0 Å². The molecule has 1 heterocycles. The lowest BCUT2D eigenvalue weighted by Crippen LogP contribution is -2.08. The normalized spacial score (nSPS) is 12.3. The Bertz CT molecular complexity index is 831. The maximum atomic E-state index is 13.6. The highest BCUT2D eigenvalue weighted by molar-refractivity contribution is 7.15. The third-order valence-corrected chi connectivity index (χ3v) is 4.07. The molecular weight excluding hydrogens is 350 g/mol. The van der Waals surface area contributed by atoms with E-state index in [9.17, 15) is 18.7 Å². The zero-order valence-electron chi connectivity index (χ0n) is 13.3. The monoisotopic (exact) mass is 366 g/mol. The van der Waals surface area contributed by atoms with E-state index in [1.165, 1.54) is 18.3 Å². The van der Waals surface area contributed by atoms with Crippen LogP contribution in [0.3, 0.4) is 0 Å². The number of halogens is 2. The van der Waals surface area contributed by atoms with Crippen molar-refractivity contribution in [3.63, 3.8) is 0 Å². The van der Waals surface area contributed by atoms with Gasteiger partial charge in [-0.25, -0.2) is 13.8 Å². The van der Waals surface area contributed by atoms with Gasteiger partial charge in [-0.2, -0.15) is 0 Å². The average Bonchev–Trinajstić information content (AvgIpc) is 2.93. The molecule has 0 saturated heterocycles. The Balaban J connectivity index is 2.07. The molecule has 2 rings (SSSR count). The summed E-state index contributed by atoms with van der Waals surface area (Å²) >= 11 is 1.35. The fourth-order valence-corrected chi connectivity index (χ4v) is 2.81. The molecule has 0 unspecified atom stereocenters. The Hall–Kier alpha value is -2.74. The van der Waals surface area contributed by atoms with Crippen molar-refractivity contribution in [2.75, 3.05) is 6.61 Å². The van der Waals surface area contributed by atoms with Crippen molar-refractivity contribution >= 4 is 33.9 Å². The van der Waals surface area contributed by atoms with Gasteiger partial charge in [0.1, 0.15) is 28.2 Å². The van der Waals surface area contributed by atoms with E-state index in [1.54, 1.807) is 6.07 Å². The molecule has 8 heteroatoms. The van der Waals surface area contributed by atoms with Crippen LogP contribution in [0, 0.1) is 11.6 Å². The first-order valence-corrected chi connectivity index (χ1v) is 8.09. The van der Waals surface area contributed by atoms with E-state index in [-0.39, 0.29) is 24.0 Å². The van der Waals surface area contributed by atoms with Gasteiger partial charge in [-0.05, 0) is 24.3 Å². The molecule has 0 spiro atoms. The minimum Gasteiger partial charge on any atom is -0.507 e. The lowest BCUT2D eigenvalue weighted by Gasteiger charge is -2.02. The number of carbonyl (C=O) groups excluding carboxylic acids is 1. The molecule has 0 atom stereocenters. The molecule has 1 aromatic carbocycles. The topological polar surface area (TPSA) is 84.9 Å². The molecule has 1 aromatic heterocycles. The molecule has 0 aliphatic rings. The van der Waals surface area contributed by atoms with Crippen LogP contribution in [0.2, 0.25) is 0 Å². The van der Waals surface area contributed by atoms with E-state index < -0.39 is 17.4 Å². The molecule has 0 saturated carbocycles. The van der Waals surface area contributed by atoms with Crippen molar-refractivity contribution in [2.45, 2.75) is 13.3 Å². The Labute approximate surface area is 147 Å². The fourth-order valence-electron chi connectivity index (χ4n) is 1.93. The first-order valence-electron chi connectivity index (χ1n) is 7.27. The zero-order chi connectivity index (χ0) is 18.4. The molecule has 0 aliphatic heterocycles. The van der Waals surface area contributed by atoms with Crippen molar-refractivity contribution in [3.8, 4) is 0 Å². The lowest BCUT2D eigenvalue weighted by atomic mass is 10.1. The van der Waals surface area contributed by atoms with Gasteiger partial charge >= 0.3 is 5.97 Å². The van der Waals surface area contributed by atoms with Crippen LogP contribution in [0.4, 0.5) is 13.8 Å². The maximum absolute atomic E-state index is 13.6. The van der Waals surface area contributed by atoms with E-state index in [1.807, 2.05) is 6.07 Å². The predicted octanol–water partition coefficient (Wildman–Crippen LogP) is 3.72. The number of thiophene rings is 1. The van der Waals surface area contributed by atoms with Crippen LogP contribution in [0.15, 0.2) is 41.4 Å². The molecule has 0 radical (unpaired) electrons. The third kappa shape index (κ3) is 5.68. The quantitative estimate of drug-likeness (QED) is 0.353. The number of hydrogen-bond acceptors (Lipinski definition) is 5. The predicted molar refractivity (Wildman–Crippen MR) is 92.9 cm³/mol. The van der Waals surface area contributed by atoms with E-state index in [2.05, 4.69) is 4.99 Å². The van der Waals surface area contributed by atoms with Gasteiger partial charge in [0.2, 0.25) is 0 Å². The second-order valence-corrected chi connectivity index (χ2v) is 6.17. The summed E-state index contributed by atoms with van der Waals surface area (Å²) in [4.78, 5) is 15.8. The minimum absolute atomic E-state index is 0.0328. The maximum Gasteiger partial charge on any atom is 0.302 e. The van der Waals surface area contributed by atoms with Crippen LogP contribution in [0.5, 0.6) is 0 Å². The average molecular weight is 366 g/mol. The smallest absolute Gasteiger partial charge is 0.302 e. The van der Waals surface area contributed by atoms with Gasteiger partial charge in [0.05, 0.1) is 12.2 Å². The number of nitrogens with two attached hydrogens (primary N) is 1. The summed E-state index contributed by atoms with van der Waals surface area (Å²) in [7, 11) is 0. The van der Waals surface area contributed by atoms with Gasteiger partial charge in [-0.1, -0.05) is 0 Å². The number of aliphatic hydroxyl groups excluding tert-OH is 1. The zero-order valence-corrected chi connectivity index (χ0v) is 14.1. The Morgan fingerprint density at radius 2 is 2.12 bits per heavy atom. The number of aliphatic imine (C=N–C) groups is 1. The third-order valence-electron chi connectivity index (χ3n) is 3.03. The number of amidine groups is 1. The van der Waals surface area contributed by atoms with Crippen molar-refractivity contribution in [2.24, 2.45) is 10.7 Å². The highest BCUT2D eigenvalue weighted by Gasteiger charge is 2.08. The molecule has 0 bridgehead atoms. The number of hydrogen-bond donors (Lipinski definition) is 2. The minimum atomic E-state index is -0.898. The van der Waals surface area contributed by atoms with Gasteiger partial charge in [-0.15, -0.1) is 11.3 Å². The summed E-state index contributed by atoms with van der Waals surface area (Å²) in [6, 6.07) is 6.36. The van der Waals surface area contributed by atoms with Crippen molar-refractivity contribution in [1.29, 1.82) is 0 Å². The van der Waals surface area contributed by atoms with E-state index >= 15 is 0 Å². The number of carbonyl (C=O) groups is 1. The summed E-state index contributed by atoms with van der Waals surface area (Å²) in [5, 5.41) is 10.5. The SMILES string of the molecule is CC(=O)OCCc1ccc(N=C(N)C=C(O)c2ccc(F)cc2F)s1. The summed E-state index contributed by atoms with van der Waals surface area (Å²) in [6.45, 7) is 1.62. The van der Waals surface area contributed by atoms with Gasteiger partial charge in [0.25, 0.3) is 0 Å². The molecule has 25 heavy (non-hydrogen) atoms.